The fourth-order valence-corrected chi connectivity index (χ4v) is 5.55. The predicted octanol–water partition coefficient (Wildman–Crippen LogP) is 2.76. The Morgan fingerprint density at radius 2 is 1.60 bits per heavy atom. The predicted molar refractivity (Wildman–Crippen MR) is 128 cm³/mol. The Labute approximate surface area is 185 Å². The molecule has 2 N–H and O–H groups in total. The molecule has 1 aliphatic carbocycles. The Hall–Kier alpha value is -0.850. The largest absolute Gasteiger partial charge is 0.357 e. The maximum absolute atomic E-state index is 5.13. The Morgan fingerprint density at radius 1 is 0.833 bits per heavy atom. The Morgan fingerprint density at radius 3 is 2.37 bits per heavy atom. The lowest BCUT2D eigenvalue weighted by molar-refractivity contribution is 0.0407. The van der Waals surface area contributed by atoms with Gasteiger partial charge in [-0.15, -0.1) is 0 Å². The Bertz CT molecular complexity index is 496. The maximum atomic E-state index is 5.13. The Balaban J connectivity index is 1.48. The van der Waals surface area contributed by atoms with Gasteiger partial charge < -0.3 is 20.4 Å². The molecular weight excluding hydrogens is 372 g/mol. The summed E-state index contributed by atoms with van der Waals surface area (Å²) >= 11 is 0. The summed E-state index contributed by atoms with van der Waals surface area (Å²) in [5, 5.41) is 7.12. The molecule has 0 unspecified atom stereocenters. The van der Waals surface area contributed by atoms with Gasteiger partial charge in [-0.1, -0.05) is 25.7 Å². The van der Waals surface area contributed by atoms with Crippen molar-refractivity contribution < 1.29 is 0 Å². The molecule has 0 radical (unpaired) electrons. The summed E-state index contributed by atoms with van der Waals surface area (Å²) in [4.78, 5) is 13.0. The molecule has 0 aromatic heterocycles. The van der Waals surface area contributed by atoms with Crippen molar-refractivity contribution in [3.8, 4) is 0 Å². The summed E-state index contributed by atoms with van der Waals surface area (Å²) in [6, 6.07) is 0. The zero-order valence-electron chi connectivity index (χ0n) is 19.9. The van der Waals surface area contributed by atoms with Crippen molar-refractivity contribution in [1.82, 2.24) is 25.3 Å². The topological polar surface area (TPSA) is 46.1 Å². The quantitative estimate of drug-likeness (QED) is 0.359. The number of nitrogens with zero attached hydrogens (tertiary/aromatic N) is 4. The van der Waals surface area contributed by atoms with E-state index >= 15 is 0 Å². The van der Waals surface area contributed by atoms with Crippen LogP contribution in [0.5, 0.6) is 0 Å². The van der Waals surface area contributed by atoms with Crippen LogP contribution in [0.15, 0.2) is 4.99 Å². The monoisotopic (exact) mass is 420 g/mol. The first-order valence-electron chi connectivity index (χ1n) is 12.9. The summed E-state index contributed by atoms with van der Waals surface area (Å²) < 4.78 is 0. The molecule has 2 saturated heterocycles. The molecule has 6 nitrogen and oxygen atoms in total. The van der Waals surface area contributed by atoms with E-state index in [1.807, 2.05) is 0 Å². The molecule has 3 aliphatic rings. The normalized spacial score (nSPS) is 25.1. The van der Waals surface area contributed by atoms with Crippen molar-refractivity contribution in [2.45, 2.75) is 76.7 Å². The lowest BCUT2D eigenvalue weighted by Crippen LogP contribution is -2.54. The van der Waals surface area contributed by atoms with Crippen molar-refractivity contribution in [2.24, 2.45) is 4.99 Å². The maximum Gasteiger partial charge on any atom is 0.191 e. The molecule has 2 aliphatic heterocycles. The van der Waals surface area contributed by atoms with Gasteiger partial charge in [0.2, 0.25) is 0 Å². The van der Waals surface area contributed by atoms with Gasteiger partial charge >= 0.3 is 0 Å². The first-order chi connectivity index (χ1) is 14.7. The van der Waals surface area contributed by atoms with Crippen LogP contribution in [0, 0.1) is 0 Å². The van der Waals surface area contributed by atoms with Gasteiger partial charge in [0.1, 0.15) is 0 Å². The number of hydrogen-bond donors (Lipinski definition) is 2. The minimum atomic E-state index is 0.319. The summed E-state index contributed by atoms with van der Waals surface area (Å²) in [6.07, 6.45) is 13.5. The highest BCUT2D eigenvalue weighted by atomic mass is 15.2. The van der Waals surface area contributed by atoms with E-state index in [1.54, 1.807) is 0 Å². The van der Waals surface area contributed by atoms with Crippen LogP contribution < -0.4 is 10.6 Å². The summed E-state index contributed by atoms with van der Waals surface area (Å²) in [7, 11) is 2.24. The number of hydrogen-bond acceptors (Lipinski definition) is 4. The average Bonchev–Trinajstić information content (AvgIpc) is 3.00. The van der Waals surface area contributed by atoms with Gasteiger partial charge in [-0.25, -0.2) is 0 Å². The molecule has 30 heavy (non-hydrogen) atoms. The third-order valence-corrected chi connectivity index (χ3v) is 7.44. The zero-order chi connectivity index (χ0) is 21.1. The van der Waals surface area contributed by atoms with E-state index < -0.39 is 0 Å². The van der Waals surface area contributed by atoms with Crippen LogP contribution in [0.1, 0.15) is 71.1 Å². The van der Waals surface area contributed by atoms with Crippen molar-refractivity contribution in [3.05, 3.63) is 0 Å². The number of likely N-dealkylation sites (tertiary alicyclic amines) is 1. The number of nitrogens with one attached hydrogen (secondary N) is 2. The average molecular weight is 421 g/mol. The first-order valence-corrected chi connectivity index (χ1v) is 12.9. The van der Waals surface area contributed by atoms with Gasteiger partial charge in [0.25, 0.3) is 0 Å². The van der Waals surface area contributed by atoms with Crippen molar-refractivity contribution in [2.75, 3.05) is 72.5 Å². The number of piperidine rings is 1. The fraction of sp³-hybridized carbons (Fsp3) is 0.958. The third kappa shape index (κ3) is 7.38. The first kappa shape index (κ1) is 23.8. The molecule has 0 aromatic rings. The second kappa shape index (κ2) is 12.9. The number of aliphatic imine (C=N–C) groups is 1. The van der Waals surface area contributed by atoms with Crippen LogP contribution in [-0.4, -0.2) is 98.7 Å². The summed E-state index contributed by atoms with van der Waals surface area (Å²) in [5.41, 5.74) is 0.319. The molecule has 0 spiro atoms. The van der Waals surface area contributed by atoms with Crippen molar-refractivity contribution in [3.63, 3.8) is 0 Å². The molecule has 0 atom stereocenters. The van der Waals surface area contributed by atoms with Gasteiger partial charge in [-0.2, -0.15) is 0 Å². The van der Waals surface area contributed by atoms with Gasteiger partial charge in [-0.3, -0.25) is 9.89 Å². The highest BCUT2D eigenvalue weighted by Gasteiger charge is 2.38. The van der Waals surface area contributed by atoms with Crippen LogP contribution in [-0.2, 0) is 0 Å². The molecule has 0 bridgehead atoms. The fourth-order valence-electron chi connectivity index (χ4n) is 5.55. The van der Waals surface area contributed by atoms with E-state index in [9.17, 15) is 0 Å². The van der Waals surface area contributed by atoms with Crippen LogP contribution in [0.3, 0.4) is 0 Å². The van der Waals surface area contributed by atoms with E-state index in [1.165, 1.54) is 110 Å². The van der Waals surface area contributed by atoms with E-state index in [2.05, 4.69) is 39.3 Å². The number of guanidine groups is 1. The second-order valence-corrected chi connectivity index (χ2v) is 9.81. The Kier molecular flexibility index (Phi) is 10.2. The van der Waals surface area contributed by atoms with Crippen LogP contribution in [0.2, 0.25) is 0 Å². The van der Waals surface area contributed by atoms with E-state index in [0.29, 0.717) is 5.54 Å². The molecule has 1 saturated carbocycles. The molecule has 174 valence electrons. The summed E-state index contributed by atoms with van der Waals surface area (Å²) in [5.74, 6) is 1.02. The van der Waals surface area contributed by atoms with Crippen molar-refractivity contribution >= 4 is 5.96 Å². The minimum absolute atomic E-state index is 0.319. The highest BCUT2D eigenvalue weighted by molar-refractivity contribution is 5.79. The summed E-state index contributed by atoms with van der Waals surface area (Å²) in [6.45, 7) is 13.7. The van der Waals surface area contributed by atoms with E-state index in [4.69, 9.17) is 4.99 Å². The lowest BCUT2D eigenvalue weighted by atomic mass is 9.79. The molecular formula is C24H48N6. The van der Waals surface area contributed by atoms with Crippen LogP contribution >= 0.6 is 0 Å². The van der Waals surface area contributed by atoms with E-state index in [-0.39, 0.29) is 0 Å². The molecule has 6 heteroatoms. The second-order valence-electron chi connectivity index (χ2n) is 9.81. The molecule has 3 rings (SSSR count). The van der Waals surface area contributed by atoms with Gasteiger partial charge in [0.05, 0.1) is 6.54 Å². The third-order valence-electron chi connectivity index (χ3n) is 7.44. The molecule has 0 aromatic carbocycles. The smallest absolute Gasteiger partial charge is 0.191 e. The van der Waals surface area contributed by atoms with Gasteiger partial charge in [0, 0.05) is 31.7 Å². The molecule has 3 fully saturated rings. The van der Waals surface area contributed by atoms with Crippen molar-refractivity contribution in [1.29, 1.82) is 0 Å². The van der Waals surface area contributed by atoms with E-state index in [0.717, 1.165) is 25.6 Å². The minimum Gasteiger partial charge on any atom is -0.357 e. The van der Waals surface area contributed by atoms with Crippen LogP contribution in [0.4, 0.5) is 0 Å². The number of rotatable bonds is 8. The highest BCUT2D eigenvalue weighted by Crippen LogP contribution is 2.35. The standard InChI is InChI=1S/C24H48N6/c1-3-25-23(26-14-10-16-29-17-11-15-28(2)20-21-29)27-22-24(12-6-4-7-13-24)30-18-8-5-9-19-30/h3-22H2,1-2H3,(H2,25,26,27). The van der Waals surface area contributed by atoms with Gasteiger partial charge in [-0.05, 0) is 85.2 Å². The van der Waals surface area contributed by atoms with Gasteiger partial charge in [0.15, 0.2) is 5.96 Å². The zero-order valence-corrected chi connectivity index (χ0v) is 19.9. The number of likely N-dealkylation sites (N-methyl/N-ethyl adjacent to an activating group) is 1. The van der Waals surface area contributed by atoms with Crippen LogP contribution in [0.25, 0.3) is 0 Å². The molecule has 0 amide bonds. The molecule has 2 heterocycles. The SMILES string of the molecule is CCNC(=NCC1(N2CCCCC2)CCCCC1)NCCCN1CCCN(C)CC1. The lowest BCUT2D eigenvalue weighted by Gasteiger charge is -2.47.